The van der Waals surface area contributed by atoms with Crippen molar-refractivity contribution in [3.63, 3.8) is 0 Å². The molecule has 2 aromatic carbocycles. The smallest absolute Gasteiger partial charge is 0.363 e. The van der Waals surface area contributed by atoms with Gasteiger partial charge in [-0.2, -0.15) is 0 Å². The number of rotatable bonds is 4. The number of para-hydroxylation sites is 1. The average molecular weight is 328 g/mol. The molecule has 5 heteroatoms. The molecule has 0 N–H and O–H groups in total. The van der Waals surface area contributed by atoms with Crippen molar-refractivity contribution >= 4 is 29.5 Å². The second kappa shape index (κ2) is 6.67. The minimum absolute atomic E-state index is 0.265. The molecular formula is C18H14ClNO3. The van der Waals surface area contributed by atoms with Gasteiger partial charge in [-0.15, -0.1) is 0 Å². The van der Waals surface area contributed by atoms with Gasteiger partial charge in [0, 0.05) is 17.5 Å². The molecule has 2 aromatic rings. The van der Waals surface area contributed by atoms with E-state index in [9.17, 15) is 4.79 Å². The van der Waals surface area contributed by atoms with Crippen molar-refractivity contribution < 1.29 is 14.3 Å². The van der Waals surface area contributed by atoms with E-state index >= 15 is 0 Å². The number of halogens is 1. The number of carbonyl (C=O) groups is 1. The fourth-order valence-corrected chi connectivity index (χ4v) is 2.39. The Bertz CT molecular complexity index is 811. The number of carbonyl (C=O) groups excluding carboxylic acids is 1. The fraction of sp³-hybridized carbons (Fsp3) is 0.111. The third kappa shape index (κ3) is 3.79. The molecular weight excluding hydrogens is 314 g/mol. The number of aliphatic imine (C=N–C) groups is 1. The molecule has 1 aliphatic heterocycles. The maximum atomic E-state index is 11.7. The predicted molar refractivity (Wildman–Crippen MR) is 89.4 cm³/mol. The summed E-state index contributed by atoms with van der Waals surface area (Å²) in [4.78, 5) is 15.7. The van der Waals surface area contributed by atoms with Gasteiger partial charge in [-0.3, -0.25) is 0 Å². The first-order valence-electron chi connectivity index (χ1n) is 7.07. The van der Waals surface area contributed by atoms with Crippen molar-refractivity contribution in [3.8, 4) is 5.75 Å². The molecule has 0 amide bonds. The first-order valence-corrected chi connectivity index (χ1v) is 7.45. The highest BCUT2D eigenvalue weighted by atomic mass is 35.5. The lowest BCUT2D eigenvalue weighted by atomic mass is 10.1. The van der Waals surface area contributed by atoms with Crippen molar-refractivity contribution in [3.05, 3.63) is 70.4 Å². The van der Waals surface area contributed by atoms with E-state index in [0.717, 1.165) is 11.1 Å². The molecule has 4 nitrogen and oxygen atoms in total. The Morgan fingerprint density at radius 1 is 1.22 bits per heavy atom. The highest BCUT2D eigenvalue weighted by Gasteiger charge is 2.20. The van der Waals surface area contributed by atoms with Gasteiger partial charge < -0.3 is 9.47 Å². The minimum atomic E-state index is -0.452. The minimum Gasteiger partial charge on any atom is -0.488 e. The molecule has 0 atom stereocenters. The van der Waals surface area contributed by atoms with Crippen LogP contribution in [0.1, 0.15) is 18.1 Å². The van der Waals surface area contributed by atoms with Crippen LogP contribution in [0.5, 0.6) is 5.75 Å². The molecule has 3 rings (SSSR count). The van der Waals surface area contributed by atoms with E-state index in [0.29, 0.717) is 23.3 Å². The summed E-state index contributed by atoms with van der Waals surface area (Å²) in [7, 11) is 0. The Hall–Kier alpha value is -2.59. The van der Waals surface area contributed by atoms with Crippen molar-refractivity contribution in [2.24, 2.45) is 4.99 Å². The van der Waals surface area contributed by atoms with E-state index in [-0.39, 0.29) is 5.70 Å². The van der Waals surface area contributed by atoms with E-state index in [1.807, 2.05) is 48.5 Å². The van der Waals surface area contributed by atoms with Crippen molar-refractivity contribution in [1.29, 1.82) is 0 Å². The van der Waals surface area contributed by atoms with E-state index in [1.54, 1.807) is 13.0 Å². The number of nitrogens with zero attached hydrogens (tertiary/aromatic N) is 1. The lowest BCUT2D eigenvalue weighted by Gasteiger charge is -2.09. The van der Waals surface area contributed by atoms with E-state index < -0.39 is 5.97 Å². The Morgan fingerprint density at radius 3 is 2.78 bits per heavy atom. The summed E-state index contributed by atoms with van der Waals surface area (Å²) in [6, 6.07) is 14.9. The summed E-state index contributed by atoms with van der Waals surface area (Å²) in [5.41, 5.74) is 2.00. The van der Waals surface area contributed by atoms with Gasteiger partial charge >= 0.3 is 5.97 Å². The molecule has 0 aromatic heterocycles. The summed E-state index contributed by atoms with van der Waals surface area (Å²) in [6.07, 6.45) is 1.66. The number of hydrogen-bond donors (Lipinski definition) is 0. The van der Waals surface area contributed by atoms with Crippen LogP contribution < -0.4 is 4.74 Å². The van der Waals surface area contributed by atoms with Crippen LogP contribution in [-0.2, 0) is 16.1 Å². The maximum Gasteiger partial charge on any atom is 0.363 e. The first-order chi connectivity index (χ1) is 11.1. The number of hydrogen-bond acceptors (Lipinski definition) is 4. The Kier molecular flexibility index (Phi) is 4.44. The van der Waals surface area contributed by atoms with E-state index in [1.165, 1.54) is 0 Å². The normalized spacial score (nSPS) is 15.5. The van der Waals surface area contributed by atoms with Gasteiger partial charge in [0.15, 0.2) is 11.6 Å². The number of cyclic esters (lactones) is 1. The summed E-state index contributed by atoms with van der Waals surface area (Å²) < 4.78 is 10.8. The lowest BCUT2D eigenvalue weighted by Crippen LogP contribution is -2.00. The van der Waals surface area contributed by atoms with E-state index in [2.05, 4.69) is 4.99 Å². The molecule has 116 valence electrons. The standard InChI is InChI=1S/C18H14ClNO3/c1-12-20-16(18(21)23-12)10-14-6-2-3-8-17(14)22-11-13-5-4-7-15(19)9-13/h2-10H,11H2,1H3/b16-10+. The van der Waals surface area contributed by atoms with Gasteiger partial charge in [0.25, 0.3) is 0 Å². The Labute approximate surface area is 139 Å². The zero-order valence-corrected chi connectivity index (χ0v) is 13.2. The van der Waals surface area contributed by atoms with Crippen molar-refractivity contribution in [1.82, 2.24) is 0 Å². The van der Waals surface area contributed by atoms with Crippen LogP contribution in [0.4, 0.5) is 0 Å². The molecule has 1 heterocycles. The topological polar surface area (TPSA) is 47.9 Å². The van der Waals surface area contributed by atoms with Crippen LogP contribution in [0.2, 0.25) is 5.02 Å². The molecule has 0 saturated heterocycles. The monoisotopic (exact) mass is 327 g/mol. The predicted octanol–water partition coefficient (Wildman–Crippen LogP) is 4.24. The van der Waals surface area contributed by atoms with Crippen LogP contribution in [0.25, 0.3) is 6.08 Å². The Morgan fingerprint density at radius 2 is 2.04 bits per heavy atom. The largest absolute Gasteiger partial charge is 0.488 e. The highest BCUT2D eigenvalue weighted by molar-refractivity contribution is 6.30. The van der Waals surface area contributed by atoms with Crippen LogP contribution in [0.3, 0.4) is 0 Å². The number of ether oxygens (including phenoxy) is 2. The van der Waals surface area contributed by atoms with Gasteiger partial charge in [0.2, 0.25) is 0 Å². The van der Waals surface area contributed by atoms with Gasteiger partial charge in [-0.05, 0) is 29.8 Å². The SMILES string of the molecule is CC1=N/C(=C/c2ccccc2OCc2cccc(Cl)c2)C(=O)O1. The average Bonchev–Trinajstić information content (AvgIpc) is 2.84. The molecule has 1 aliphatic rings. The molecule has 0 saturated carbocycles. The van der Waals surface area contributed by atoms with Gasteiger partial charge in [0.05, 0.1) is 0 Å². The van der Waals surface area contributed by atoms with E-state index in [4.69, 9.17) is 21.1 Å². The third-order valence-corrected chi connectivity index (χ3v) is 3.46. The molecule has 0 fully saturated rings. The molecule has 0 radical (unpaired) electrons. The first kappa shape index (κ1) is 15.3. The number of benzene rings is 2. The van der Waals surface area contributed by atoms with Crippen LogP contribution in [-0.4, -0.2) is 11.9 Å². The maximum absolute atomic E-state index is 11.7. The number of esters is 1. The van der Waals surface area contributed by atoms with Crippen LogP contribution >= 0.6 is 11.6 Å². The zero-order chi connectivity index (χ0) is 16.2. The second-order valence-corrected chi connectivity index (χ2v) is 5.44. The summed E-state index contributed by atoms with van der Waals surface area (Å²) in [6.45, 7) is 2.02. The summed E-state index contributed by atoms with van der Waals surface area (Å²) in [5.74, 6) is 0.554. The summed E-state index contributed by atoms with van der Waals surface area (Å²) in [5, 5.41) is 0.667. The molecule has 0 spiro atoms. The molecule has 0 bridgehead atoms. The zero-order valence-electron chi connectivity index (χ0n) is 12.5. The molecule has 0 aliphatic carbocycles. The lowest BCUT2D eigenvalue weighted by molar-refractivity contribution is -0.130. The van der Waals surface area contributed by atoms with Gasteiger partial charge in [0.1, 0.15) is 12.4 Å². The van der Waals surface area contributed by atoms with Crippen molar-refractivity contribution in [2.75, 3.05) is 0 Å². The fourth-order valence-electron chi connectivity index (χ4n) is 2.18. The van der Waals surface area contributed by atoms with Gasteiger partial charge in [-0.1, -0.05) is 41.9 Å². The second-order valence-electron chi connectivity index (χ2n) is 5.01. The Balaban J connectivity index is 1.81. The van der Waals surface area contributed by atoms with Crippen LogP contribution in [0, 0.1) is 0 Å². The van der Waals surface area contributed by atoms with Crippen molar-refractivity contribution in [2.45, 2.75) is 13.5 Å². The summed E-state index contributed by atoms with van der Waals surface area (Å²) >= 11 is 5.97. The van der Waals surface area contributed by atoms with Crippen LogP contribution in [0.15, 0.2) is 59.2 Å². The molecule has 23 heavy (non-hydrogen) atoms. The van der Waals surface area contributed by atoms with Gasteiger partial charge in [-0.25, -0.2) is 9.79 Å². The molecule has 0 unspecified atom stereocenters. The third-order valence-electron chi connectivity index (χ3n) is 3.22. The highest BCUT2D eigenvalue weighted by Crippen LogP contribution is 2.24. The quantitative estimate of drug-likeness (QED) is 0.623.